The predicted molar refractivity (Wildman–Crippen MR) is 90.7 cm³/mol. The lowest BCUT2D eigenvalue weighted by Gasteiger charge is -2.28. The van der Waals surface area contributed by atoms with Crippen molar-refractivity contribution in [3.63, 3.8) is 0 Å². The molecule has 8 nitrogen and oxygen atoms in total. The number of carbonyl (C=O) groups excluding carboxylic acids is 1. The van der Waals surface area contributed by atoms with E-state index in [1.54, 1.807) is 29.2 Å². The maximum atomic E-state index is 12.8. The summed E-state index contributed by atoms with van der Waals surface area (Å²) < 4.78 is 24.6. The van der Waals surface area contributed by atoms with Crippen molar-refractivity contribution in [1.29, 1.82) is 0 Å². The van der Waals surface area contributed by atoms with Crippen LogP contribution in [0.5, 0.6) is 0 Å². The van der Waals surface area contributed by atoms with Gasteiger partial charge in [0.2, 0.25) is 5.91 Å². The molecule has 0 bridgehead atoms. The van der Waals surface area contributed by atoms with E-state index in [-0.39, 0.29) is 41.6 Å². The highest BCUT2D eigenvalue weighted by molar-refractivity contribution is 7.91. The quantitative estimate of drug-likeness (QED) is 0.757. The lowest BCUT2D eigenvalue weighted by Crippen LogP contribution is -2.45. The molecule has 1 atom stereocenters. The Morgan fingerprint density at radius 3 is 2.64 bits per heavy atom. The molecule has 2 aromatic rings. The van der Waals surface area contributed by atoms with Crippen LogP contribution in [0.1, 0.15) is 19.3 Å². The van der Waals surface area contributed by atoms with E-state index in [9.17, 15) is 18.0 Å². The normalized spacial score (nSPS) is 22.2. The van der Waals surface area contributed by atoms with Crippen molar-refractivity contribution in [1.82, 2.24) is 19.9 Å². The van der Waals surface area contributed by atoms with Gasteiger partial charge < -0.3 is 4.90 Å². The van der Waals surface area contributed by atoms with Crippen molar-refractivity contribution in [3.05, 3.63) is 34.6 Å². The molecule has 132 valence electrons. The summed E-state index contributed by atoms with van der Waals surface area (Å²) in [6.45, 7) is -0.219. The van der Waals surface area contributed by atoms with Crippen LogP contribution in [0.25, 0.3) is 10.9 Å². The SMILES string of the molecule is O=C(Cn1nnc2ccccc2c1=O)N(C1CC1)[C@@H]1CCS(=O)(=O)C1. The third-order valence-corrected chi connectivity index (χ3v) is 6.49. The molecule has 0 spiro atoms. The molecule has 1 aromatic carbocycles. The molecule has 9 heteroatoms. The maximum Gasteiger partial charge on any atom is 0.278 e. The third-order valence-electron chi connectivity index (χ3n) is 4.74. The zero-order valence-corrected chi connectivity index (χ0v) is 14.4. The minimum atomic E-state index is -3.08. The first-order valence-corrected chi connectivity index (χ1v) is 10.1. The number of sulfone groups is 1. The Balaban J connectivity index is 1.60. The van der Waals surface area contributed by atoms with E-state index in [2.05, 4.69) is 10.3 Å². The van der Waals surface area contributed by atoms with Crippen LogP contribution in [0.15, 0.2) is 29.1 Å². The molecule has 2 heterocycles. The fourth-order valence-corrected chi connectivity index (χ4v) is 5.10. The Kier molecular flexibility index (Phi) is 3.82. The molecule has 0 radical (unpaired) electrons. The summed E-state index contributed by atoms with van der Waals surface area (Å²) >= 11 is 0. The van der Waals surface area contributed by atoms with Gasteiger partial charge in [0, 0.05) is 12.1 Å². The van der Waals surface area contributed by atoms with E-state index in [0.29, 0.717) is 17.3 Å². The summed E-state index contributed by atoms with van der Waals surface area (Å²) in [5, 5.41) is 8.24. The first kappa shape index (κ1) is 16.2. The van der Waals surface area contributed by atoms with Crippen LogP contribution in [-0.4, -0.2) is 57.8 Å². The van der Waals surface area contributed by atoms with Gasteiger partial charge in [-0.1, -0.05) is 17.3 Å². The number of benzene rings is 1. The molecule has 2 fully saturated rings. The number of amides is 1. The highest BCUT2D eigenvalue weighted by atomic mass is 32.2. The van der Waals surface area contributed by atoms with Gasteiger partial charge in [-0.25, -0.2) is 13.1 Å². The average Bonchev–Trinajstić information content (AvgIpc) is 3.34. The molecule has 1 saturated carbocycles. The molecule has 25 heavy (non-hydrogen) atoms. The molecule has 4 rings (SSSR count). The topological polar surface area (TPSA) is 102 Å². The predicted octanol–water partition coefficient (Wildman–Crippen LogP) is -0.0304. The van der Waals surface area contributed by atoms with Gasteiger partial charge in [0.05, 0.1) is 16.9 Å². The summed E-state index contributed by atoms with van der Waals surface area (Å²) in [5.41, 5.74) is 0.117. The Morgan fingerprint density at radius 1 is 1.20 bits per heavy atom. The van der Waals surface area contributed by atoms with E-state index in [1.807, 2.05) is 0 Å². The van der Waals surface area contributed by atoms with Crippen molar-refractivity contribution in [2.75, 3.05) is 11.5 Å². The van der Waals surface area contributed by atoms with E-state index in [0.717, 1.165) is 17.5 Å². The number of hydrogen-bond acceptors (Lipinski definition) is 6. The Hall–Kier alpha value is -2.29. The van der Waals surface area contributed by atoms with E-state index in [1.165, 1.54) is 0 Å². The molecular formula is C16H18N4O4S. The first-order valence-electron chi connectivity index (χ1n) is 8.29. The monoisotopic (exact) mass is 362 g/mol. The smallest absolute Gasteiger partial charge is 0.278 e. The standard InChI is InChI=1S/C16H18N4O4S/c21-15(20(11-5-6-11)12-7-8-25(23,24)10-12)9-19-16(22)13-3-1-2-4-14(13)17-18-19/h1-4,11-12H,5-10H2/t12-/m1/s1. The zero-order chi connectivity index (χ0) is 17.6. The second-order valence-electron chi connectivity index (χ2n) is 6.66. The number of nitrogens with zero attached hydrogens (tertiary/aromatic N) is 4. The lowest BCUT2D eigenvalue weighted by atomic mass is 10.2. The van der Waals surface area contributed by atoms with Crippen LogP contribution >= 0.6 is 0 Å². The van der Waals surface area contributed by atoms with Gasteiger partial charge in [-0.15, -0.1) is 5.10 Å². The van der Waals surface area contributed by atoms with Crippen molar-refractivity contribution in [2.24, 2.45) is 0 Å². The molecule has 1 amide bonds. The van der Waals surface area contributed by atoms with Gasteiger partial charge in [-0.2, -0.15) is 0 Å². The highest BCUT2D eigenvalue weighted by Gasteiger charge is 2.42. The first-order chi connectivity index (χ1) is 11.9. The largest absolute Gasteiger partial charge is 0.334 e. The van der Waals surface area contributed by atoms with Crippen molar-refractivity contribution in [3.8, 4) is 0 Å². The minimum absolute atomic E-state index is 0.00748. The molecular weight excluding hydrogens is 344 g/mol. The maximum absolute atomic E-state index is 12.8. The van der Waals surface area contributed by atoms with E-state index >= 15 is 0 Å². The zero-order valence-electron chi connectivity index (χ0n) is 13.5. The molecule has 0 unspecified atom stereocenters. The Labute approximate surface area is 144 Å². The minimum Gasteiger partial charge on any atom is -0.334 e. The fourth-order valence-electron chi connectivity index (χ4n) is 3.39. The Morgan fingerprint density at radius 2 is 1.96 bits per heavy atom. The third kappa shape index (κ3) is 3.15. The second-order valence-corrected chi connectivity index (χ2v) is 8.89. The molecule has 1 aliphatic carbocycles. The van der Waals surface area contributed by atoms with Crippen LogP contribution in [-0.2, 0) is 21.2 Å². The Bertz CT molecular complexity index is 997. The lowest BCUT2D eigenvalue weighted by molar-refractivity contribution is -0.134. The van der Waals surface area contributed by atoms with Crippen LogP contribution in [0.4, 0.5) is 0 Å². The van der Waals surface area contributed by atoms with Crippen LogP contribution in [0.2, 0.25) is 0 Å². The second kappa shape index (κ2) is 5.91. The summed E-state index contributed by atoms with van der Waals surface area (Å²) in [6, 6.07) is 6.62. The van der Waals surface area contributed by atoms with Gasteiger partial charge in [0.1, 0.15) is 12.1 Å². The molecule has 1 aliphatic heterocycles. The number of hydrogen-bond donors (Lipinski definition) is 0. The number of carbonyl (C=O) groups is 1. The fraction of sp³-hybridized carbons (Fsp3) is 0.500. The number of rotatable bonds is 4. The van der Waals surface area contributed by atoms with Crippen LogP contribution in [0, 0.1) is 0 Å². The van der Waals surface area contributed by atoms with Gasteiger partial charge in [0.25, 0.3) is 5.56 Å². The van der Waals surface area contributed by atoms with Gasteiger partial charge in [-0.3, -0.25) is 9.59 Å². The molecule has 1 aromatic heterocycles. The van der Waals surface area contributed by atoms with E-state index < -0.39 is 9.84 Å². The molecule has 2 aliphatic rings. The van der Waals surface area contributed by atoms with Gasteiger partial charge in [-0.05, 0) is 31.4 Å². The summed E-state index contributed by atoms with van der Waals surface area (Å²) in [7, 11) is -3.08. The summed E-state index contributed by atoms with van der Waals surface area (Å²) in [6.07, 6.45) is 2.21. The van der Waals surface area contributed by atoms with Crippen LogP contribution < -0.4 is 5.56 Å². The molecule has 1 saturated heterocycles. The van der Waals surface area contributed by atoms with Crippen molar-refractivity contribution in [2.45, 2.75) is 37.9 Å². The molecule has 0 N–H and O–H groups in total. The average molecular weight is 362 g/mol. The van der Waals surface area contributed by atoms with Gasteiger partial charge in [0.15, 0.2) is 9.84 Å². The highest BCUT2D eigenvalue weighted by Crippen LogP contribution is 2.32. The number of aromatic nitrogens is 3. The summed E-state index contributed by atoms with van der Waals surface area (Å²) in [5.74, 6) is -0.145. The van der Waals surface area contributed by atoms with Crippen LogP contribution in [0.3, 0.4) is 0 Å². The number of fused-ring (bicyclic) bond motifs is 1. The van der Waals surface area contributed by atoms with E-state index in [4.69, 9.17) is 0 Å². The van der Waals surface area contributed by atoms with Crippen molar-refractivity contribution < 1.29 is 13.2 Å². The van der Waals surface area contributed by atoms with Crippen molar-refractivity contribution >= 4 is 26.6 Å². The summed E-state index contributed by atoms with van der Waals surface area (Å²) in [4.78, 5) is 26.9. The van der Waals surface area contributed by atoms with Gasteiger partial charge >= 0.3 is 0 Å².